The molecule has 4 nitrogen and oxygen atoms in total. The van der Waals surface area contributed by atoms with E-state index >= 15 is 0 Å². The molecule has 0 aromatic heterocycles. The van der Waals surface area contributed by atoms with E-state index in [1.807, 2.05) is 13.0 Å². The van der Waals surface area contributed by atoms with Crippen LogP contribution in [0, 0.1) is 17.0 Å². The van der Waals surface area contributed by atoms with Gasteiger partial charge in [-0.15, -0.1) is 0 Å². The van der Waals surface area contributed by atoms with E-state index in [9.17, 15) is 10.1 Å². The number of nitrogens with zero attached hydrogens (tertiary/aromatic N) is 1. The molecular formula is C14H11BrClNO3. The Balaban J connectivity index is 2.38. The number of alkyl halides is 1. The average Bonchev–Trinajstić information content (AvgIpc) is 2.43. The molecule has 20 heavy (non-hydrogen) atoms. The van der Waals surface area contributed by atoms with E-state index < -0.39 is 4.92 Å². The Morgan fingerprint density at radius 1 is 1.25 bits per heavy atom. The van der Waals surface area contributed by atoms with Crippen molar-refractivity contribution in [2.75, 3.05) is 0 Å². The summed E-state index contributed by atoms with van der Waals surface area (Å²) in [5, 5.41) is 11.8. The van der Waals surface area contributed by atoms with Crippen molar-refractivity contribution in [2.24, 2.45) is 0 Å². The van der Waals surface area contributed by atoms with E-state index in [4.69, 9.17) is 16.3 Å². The normalized spacial score (nSPS) is 10.3. The highest BCUT2D eigenvalue weighted by atomic mass is 79.9. The van der Waals surface area contributed by atoms with Gasteiger partial charge in [0.05, 0.1) is 4.92 Å². The third-order valence-electron chi connectivity index (χ3n) is 2.77. The molecule has 0 heterocycles. The first-order chi connectivity index (χ1) is 9.51. The number of ether oxygens (including phenoxy) is 1. The van der Waals surface area contributed by atoms with Gasteiger partial charge < -0.3 is 4.74 Å². The molecule has 0 aliphatic carbocycles. The third kappa shape index (κ3) is 3.29. The number of rotatable bonds is 4. The number of aryl methyl sites for hydroxylation is 1. The lowest BCUT2D eigenvalue weighted by molar-refractivity contribution is -0.384. The van der Waals surface area contributed by atoms with Crippen LogP contribution in [0.2, 0.25) is 5.02 Å². The second kappa shape index (κ2) is 6.24. The van der Waals surface area contributed by atoms with Crippen molar-refractivity contribution in [1.29, 1.82) is 0 Å². The predicted molar refractivity (Wildman–Crippen MR) is 82.0 cm³/mol. The molecule has 0 aliphatic rings. The van der Waals surface area contributed by atoms with Gasteiger partial charge in [-0.05, 0) is 30.7 Å². The van der Waals surface area contributed by atoms with Crippen molar-refractivity contribution in [3.63, 3.8) is 0 Å². The Labute approximate surface area is 129 Å². The van der Waals surface area contributed by atoms with Gasteiger partial charge >= 0.3 is 0 Å². The Hall–Kier alpha value is -1.59. The Kier molecular flexibility index (Phi) is 4.62. The molecule has 0 saturated carbocycles. The molecule has 0 fully saturated rings. The molecule has 0 saturated heterocycles. The number of hydrogen-bond donors (Lipinski definition) is 0. The van der Waals surface area contributed by atoms with Crippen molar-refractivity contribution in [1.82, 2.24) is 0 Å². The molecule has 2 aromatic carbocycles. The fourth-order valence-electron chi connectivity index (χ4n) is 1.69. The number of halogens is 2. The third-order valence-corrected chi connectivity index (χ3v) is 3.61. The second-order valence-electron chi connectivity index (χ2n) is 4.19. The van der Waals surface area contributed by atoms with Gasteiger partial charge in [0.1, 0.15) is 11.5 Å². The highest BCUT2D eigenvalue weighted by Gasteiger charge is 2.12. The quantitative estimate of drug-likeness (QED) is 0.427. The van der Waals surface area contributed by atoms with Crippen LogP contribution in [0.1, 0.15) is 11.1 Å². The molecular weight excluding hydrogens is 346 g/mol. The molecule has 0 N–H and O–H groups in total. The van der Waals surface area contributed by atoms with Gasteiger partial charge in [-0.3, -0.25) is 10.1 Å². The standard InChI is InChI=1S/C14H11BrClNO3/c1-9-2-3-11(16)7-14(9)20-13-5-4-12(17(18)19)6-10(13)8-15/h2-7H,8H2,1H3. The SMILES string of the molecule is Cc1ccc(Cl)cc1Oc1ccc([N+](=O)[O-])cc1CBr. The molecule has 0 bridgehead atoms. The number of non-ortho nitro benzene ring substituents is 1. The zero-order valence-electron chi connectivity index (χ0n) is 10.6. The Bertz CT molecular complexity index is 661. The highest BCUT2D eigenvalue weighted by Crippen LogP contribution is 2.33. The van der Waals surface area contributed by atoms with Crippen LogP contribution in [-0.4, -0.2) is 4.92 Å². The molecule has 2 aromatic rings. The summed E-state index contributed by atoms with van der Waals surface area (Å²) in [6.07, 6.45) is 0. The van der Waals surface area contributed by atoms with Crippen LogP contribution in [0.4, 0.5) is 5.69 Å². The average molecular weight is 357 g/mol. The van der Waals surface area contributed by atoms with Crippen LogP contribution in [-0.2, 0) is 5.33 Å². The minimum Gasteiger partial charge on any atom is -0.457 e. The van der Waals surface area contributed by atoms with Crippen LogP contribution in [0.3, 0.4) is 0 Å². The van der Waals surface area contributed by atoms with E-state index in [1.54, 1.807) is 18.2 Å². The molecule has 0 atom stereocenters. The summed E-state index contributed by atoms with van der Waals surface area (Å²) in [6.45, 7) is 1.91. The lowest BCUT2D eigenvalue weighted by Crippen LogP contribution is -1.94. The lowest BCUT2D eigenvalue weighted by atomic mass is 10.2. The summed E-state index contributed by atoms with van der Waals surface area (Å²) >= 11 is 9.25. The van der Waals surface area contributed by atoms with Crippen LogP contribution in [0.25, 0.3) is 0 Å². The molecule has 0 radical (unpaired) electrons. The lowest BCUT2D eigenvalue weighted by Gasteiger charge is -2.12. The van der Waals surface area contributed by atoms with Crippen LogP contribution >= 0.6 is 27.5 Å². The summed E-state index contributed by atoms with van der Waals surface area (Å²) in [5.41, 5.74) is 1.68. The van der Waals surface area contributed by atoms with E-state index in [0.717, 1.165) is 5.56 Å². The topological polar surface area (TPSA) is 52.4 Å². The highest BCUT2D eigenvalue weighted by molar-refractivity contribution is 9.08. The monoisotopic (exact) mass is 355 g/mol. The molecule has 104 valence electrons. The second-order valence-corrected chi connectivity index (χ2v) is 5.19. The summed E-state index contributed by atoms with van der Waals surface area (Å²) in [7, 11) is 0. The first kappa shape index (κ1) is 14.8. The van der Waals surface area contributed by atoms with Crippen LogP contribution in [0.15, 0.2) is 36.4 Å². The van der Waals surface area contributed by atoms with E-state index in [-0.39, 0.29) is 5.69 Å². The van der Waals surface area contributed by atoms with Crippen molar-refractivity contribution in [3.8, 4) is 11.5 Å². The van der Waals surface area contributed by atoms with Gasteiger partial charge in [0.15, 0.2) is 0 Å². The maximum atomic E-state index is 10.8. The number of nitro groups is 1. The fraction of sp³-hybridized carbons (Fsp3) is 0.143. The molecule has 0 spiro atoms. The van der Waals surface area contributed by atoms with Crippen molar-refractivity contribution in [2.45, 2.75) is 12.3 Å². The maximum absolute atomic E-state index is 10.8. The summed E-state index contributed by atoms with van der Waals surface area (Å²) in [6, 6.07) is 9.86. The van der Waals surface area contributed by atoms with Crippen LogP contribution in [0.5, 0.6) is 11.5 Å². The number of benzene rings is 2. The van der Waals surface area contributed by atoms with E-state index in [1.165, 1.54) is 12.1 Å². The van der Waals surface area contributed by atoms with Crippen molar-refractivity contribution in [3.05, 3.63) is 62.7 Å². The predicted octanol–water partition coefficient (Wildman–Crippen LogP) is 5.24. The first-order valence-corrected chi connectivity index (χ1v) is 7.28. The molecule has 2 rings (SSSR count). The van der Waals surface area contributed by atoms with Gasteiger partial charge in [0.25, 0.3) is 5.69 Å². The van der Waals surface area contributed by atoms with Gasteiger partial charge in [0.2, 0.25) is 0 Å². The zero-order chi connectivity index (χ0) is 14.7. The minimum absolute atomic E-state index is 0.0367. The van der Waals surface area contributed by atoms with Gasteiger partial charge in [-0.25, -0.2) is 0 Å². The van der Waals surface area contributed by atoms with E-state index in [2.05, 4.69) is 15.9 Å². The summed E-state index contributed by atoms with van der Waals surface area (Å²) in [5.74, 6) is 1.20. The summed E-state index contributed by atoms with van der Waals surface area (Å²) < 4.78 is 5.81. The molecule has 0 aliphatic heterocycles. The molecule has 0 amide bonds. The largest absolute Gasteiger partial charge is 0.457 e. The maximum Gasteiger partial charge on any atom is 0.270 e. The fourth-order valence-corrected chi connectivity index (χ4v) is 2.29. The Morgan fingerprint density at radius 2 is 2.00 bits per heavy atom. The number of nitro benzene ring substituents is 1. The first-order valence-electron chi connectivity index (χ1n) is 5.78. The van der Waals surface area contributed by atoms with Crippen LogP contribution < -0.4 is 4.74 Å². The summed E-state index contributed by atoms with van der Waals surface area (Å²) in [4.78, 5) is 10.3. The van der Waals surface area contributed by atoms with Crippen molar-refractivity contribution < 1.29 is 9.66 Å². The number of hydrogen-bond acceptors (Lipinski definition) is 3. The van der Waals surface area contributed by atoms with E-state index in [0.29, 0.717) is 27.4 Å². The van der Waals surface area contributed by atoms with Gasteiger partial charge in [-0.1, -0.05) is 33.6 Å². The van der Waals surface area contributed by atoms with Gasteiger partial charge in [0, 0.05) is 28.0 Å². The smallest absolute Gasteiger partial charge is 0.270 e. The van der Waals surface area contributed by atoms with Crippen molar-refractivity contribution >= 4 is 33.2 Å². The zero-order valence-corrected chi connectivity index (χ0v) is 12.9. The Morgan fingerprint density at radius 3 is 2.65 bits per heavy atom. The minimum atomic E-state index is -0.430. The molecule has 0 unspecified atom stereocenters. The van der Waals surface area contributed by atoms with Gasteiger partial charge in [-0.2, -0.15) is 0 Å². The molecule has 6 heteroatoms.